The number of hydrogen-bond acceptors (Lipinski definition) is 4. The molecule has 2 heterocycles. The smallest absolute Gasteiger partial charge is 0.268 e. The Morgan fingerprint density at radius 1 is 1.14 bits per heavy atom. The molecule has 1 aliphatic heterocycles. The predicted octanol–water partition coefficient (Wildman–Crippen LogP) is 4.31. The summed E-state index contributed by atoms with van der Waals surface area (Å²) in [6.45, 7) is 2.62. The van der Waals surface area contributed by atoms with Crippen LogP contribution in [0.25, 0.3) is 0 Å². The lowest BCUT2D eigenvalue weighted by Gasteiger charge is -2.17. The molecule has 144 valence electrons. The number of carbonyl (C=O) groups excluding carboxylic acids is 1. The first-order valence-corrected chi connectivity index (χ1v) is 11.4. The predicted molar refractivity (Wildman–Crippen MR) is 113 cm³/mol. The first-order valence-electron chi connectivity index (χ1n) is 9.08. The maximum absolute atomic E-state index is 12.7. The number of carbonyl (C=O) groups is 1. The lowest BCUT2D eigenvalue weighted by Crippen LogP contribution is -2.28. The molecular formula is C21H20N2O3S2. The van der Waals surface area contributed by atoms with Crippen LogP contribution in [0.4, 0.5) is 11.4 Å². The van der Waals surface area contributed by atoms with Crippen LogP contribution in [0.5, 0.6) is 0 Å². The van der Waals surface area contributed by atoms with Crippen molar-refractivity contribution in [1.29, 1.82) is 0 Å². The normalized spacial score (nSPS) is 13.4. The summed E-state index contributed by atoms with van der Waals surface area (Å²) in [5.74, 6) is -0.0519. The van der Waals surface area contributed by atoms with Gasteiger partial charge in [0.2, 0.25) is 0 Å². The minimum absolute atomic E-state index is 0.0519. The summed E-state index contributed by atoms with van der Waals surface area (Å²) in [7, 11) is -3.69. The van der Waals surface area contributed by atoms with Gasteiger partial charge in [-0.25, -0.2) is 8.42 Å². The first-order chi connectivity index (χ1) is 13.5. The number of benzene rings is 2. The molecule has 0 atom stereocenters. The lowest BCUT2D eigenvalue weighted by molar-refractivity contribution is 0.0993. The zero-order valence-corrected chi connectivity index (χ0v) is 17.0. The van der Waals surface area contributed by atoms with Gasteiger partial charge >= 0.3 is 0 Å². The number of hydrogen-bond donors (Lipinski definition) is 1. The summed E-state index contributed by atoms with van der Waals surface area (Å²) >= 11 is 1.40. The molecular weight excluding hydrogens is 392 g/mol. The quantitative estimate of drug-likeness (QED) is 0.679. The van der Waals surface area contributed by atoms with E-state index in [4.69, 9.17) is 0 Å². The Morgan fingerprint density at radius 3 is 2.61 bits per heavy atom. The highest BCUT2D eigenvalue weighted by molar-refractivity contribution is 7.92. The minimum Gasteiger partial charge on any atom is -0.307 e. The summed E-state index contributed by atoms with van der Waals surface area (Å²) in [4.78, 5) is 15.4. The molecule has 0 aliphatic carbocycles. The van der Waals surface area contributed by atoms with Crippen LogP contribution in [-0.4, -0.2) is 20.9 Å². The van der Waals surface area contributed by atoms with E-state index >= 15 is 0 Å². The Labute approximate surface area is 168 Å². The monoisotopic (exact) mass is 412 g/mol. The molecule has 4 rings (SSSR count). The lowest BCUT2D eigenvalue weighted by atomic mass is 10.1. The van der Waals surface area contributed by atoms with Crippen molar-refractivity contribution in [3.63, 3.8) is 0 Å². The molecule has 0 spiro atoms. The molecule has 0 radical (unpaired) electrons. The van der Waals surface area contributed by atoms with Crippen LogP contribution in [0, 0.1) is 0 Å². The highest BCUT2D eigenvalue weighted by atomic mass is 32.2. The van der Waals surface area contributed by atoms with Gasteiger partial charge in [-0.3, -0.25) is 9.52 Å². The van der Waals surface area contributed by atoms with Crippen molar-refractivity contribution in [2.75, 3.05) is 16.2 Å². The zero-order valence-electron chi connectivity index (χ0n) is 15.4. The van der Waals surface area contributed by atoms with Gasteiger partial charge < -0.3 is 4.90 Å². The van der Waals surface area contributed by atoms with E-state index in [1.807, 2.05) is 36.6 Å². The molecule has 7 heteroatoms. The third-order valence-electron chi connectivity index (χ3n) is 4.85. The molecule has 0 saturated heterocycles. The van der Waals surface area contributed by atoms with Crippen LogP contribution in [0.2, 0.25) is 0 Å². The second kappa shape index (κ2) is 7.41. The van der Waals surface area contributed by atoms with Crippen LogP contribution < -0.4 is 9.62 Å². The van der Waals surface area contributed by atoms with Gasteiger partial charge in [0.25, 0.3) is 15.9 Å². The Kier molecular flexibility index (Phi) is 4.95. The van der Waals surface area contributed by atoms with Gasteiger partial charge in [-0.05, 0) is 59.7 Å². The van der Waals surface area contributed by atoms with Crippen molar-refractivity contribution in [3.05, 3.63) is 76.0 Å². The van der Waals surface area contributed by atoms with Crippen molar-refractivity contribution in [1.82, 2.24) is 0 Å². The number of anilines is 2. The topological polar surface area (TPSA) is 66.5 Å². The van der Waals surface area contributed by atoms with Gasteiger partial charge in [0.15, 0.2) is 0 Å². The van der Waals surface area contributed by atoms with Gasteiger partial charge in [-0.15, -0.1) is 11.3 Å². The molecule has 1 amide bonds. The average molecular weight is 413 g/mol. The van der Waals surface area contributed by atoms with Crippen molar-refractivity contribution in [2.45, 2.75) is 24.7 Å². The van der Waals surface area contributed by atoms with Crippen LogP contribution in [-0.2, 0) is 22.9 Å². The van der Waals surface area contributed by atoms with Crippen molar-refractivity contribution >= 4 is 38.6 Å². The van der Waals surface area contributed by atoms with E-state index in [-0.39, 0.29) is 10.8 Å². The van der Waals surface area contributed by atoms with Crippen molar-refractivity contribution in [2.24, 2.45) is 0 Å². The Bertz CT molecular complexity index is 1110. The molecule has 0 unspecified atom stereocenters. The summed E-state index contributed by atoms with van der Waals surface area (Å²) in [6, 6.07) is 15.9. The number of aryl methyl sites for hydroxylation is 1. The molecule has 0 fully saturated rings. The highest BCUT2D eigenvalue weighted by Gasteiger charge is 2.27. The zero-order chi connectivity index (χ0) is 19.7. The van der Waals surface area contributed by atoms with E-state index in [0.29, 0.717) is 17.1 Å². The molecule has 28 heavy (non-hydrogen) atoms. The molecule has 0 saturated carbocycles. The maximum atomic E-state index is 12.7. The number of amides is 1. The molecule has 3 aromatic rings. The average Bonchev–Trinajstić information content (AvgIpc) is 3.37. The largest absolute Gasteiger partial charge is 0.307 e. The highest BCUT2D eigenvalue weighted by Crippen LogP contribution is 2.33. The summed E-state index contributed by atoms with van der Waals surface area (Å²) in [5, 5.41) is 1.87. The van der Waals surface area contributed by atoms with Crippen LogP contribution >= 0.6 is 11.3 Å². The van der Waals surface area contributed by atoms with E-state index < -0.39 is 10.0 Å². The second-order valence-electron chi connectivity index (χ2n) is 6.63. The Hall–Kier alpha value is -2.64. The van der Waals surface area contributed by atoms with E-state index in [1.54, 1.807) is 35.2 Å². The van der Waals surface area contributed by atoms with Gasteiger partial charge in [0, 0.05) is 12.2 Å². The molecule has 2 aromatic carbocycles. The third-order valence-corrected chi connectivity index (χ3v) is 7.11. The van der Waals surface area contributed by atoms with Crippen LogP contribution in [0.1, 0.15) is 27.7 Å². The maximum Gasteiger partial charge on any atom is 0.268 e. The van der Waals surface area contributed by atoms with Gasteiger partial charge in [-0.1, -0.05) is 31.2 Å². The fourth-order valence-corrected chi connectivity index (χ4v) is 5.03. The number of nitrogens with one attached hydrogen (secondary N) is 1. The second-order valence-corrected chi connectivity index (χ2v) is 9.26. The van der Waals surface area contributed by atoms with E-state index in [2.05, 4.69) is 4.72 Å². The molecule has 1 aliphatic rings. The first kappa shape index (κ1) is 18.7. The van der Waals surface area contributed by atoms with Gasteiger partial charge in [-0.2, -0.15) is 0 Å². The number of sulfonamides is 1. The van der Waals surface area contributed by atoms with E-state index in [1.165, 1.54) is 11.3 Å². The van der Waals surface area contributed by atoms with Crippen molar-refractivity contribution in [3.8, 4) is 0 Å². The Balaban J connectivity index is 1.60. The third kappa shape index (κ3) is 3.55. The molecule has 5 nitrogen and oxygen atoms in total. The van der Waals surface area contributed by atoms with Gasteiger partial charge in [0.05, 0.1) is 15.5 Å². The standard InChI is InChI=1S/C21H20N2O3S2/c1-2-15-5-9-18(10-6-15)28(25,26)22-17-8-7-16-11-12-23(19(16)14-17)21(24)20-4-3-13-27-20/h3-10,13-14,22H,2,11-12H2,1H3. The van der Waals surface area contributed by atoms with Gasteiger partial charge in [0.1, 0.15) is 0 Å². The number of thiophene rings is 1. The SMILES string of the molecule is CCc1ccc(S(=O)(=O)Nc2ccc3c(c2)N(C(=O)c2cccs2)CC3)cc1. The fourth-order valence-electron chi connectivity index (χ4n) is 3.31. The molecule has 1 aromatic heterocycles. The Morgan fingerprint density at radius 2 is 1.93 bits per heavy atom. The minimum atomic E-state index is -3.69. The molecule has 1 N–H and O–H groups in total. The number of fused-ring (bicyclic) bond motifs is 1. The van der Waals surface area contributed by atoms with Crippen LogP contribution in [0.15, 0.2) is 64.9 Å². The molecule has 0 bridgehead atoms. The fraction of sp³-hybridized carbons (Fsp3) is 0.190. The van der Waals surface area contributed by atoms with Crippen molar-refractivity contribution < 1.29 is 13.2 Å². The summed E-state index contributed by atoms with van der Waals surface area (Å²) in [5.41, 5.74) is 3.34. The van der Waals surface area contributed by atoms with E-state index in [9.17, 15) is 13.2 Å². The number of rotatable bonds is 5. The number of nitrogens with zero attached hydrogens (tertiary/aromatic N) is 1. The summed E-state index contributed by atoms with van der Waals surface area (Å²) < 4.78 is 28.1. The van der Waals surface area contributed by atoms with Crippen LogP contribution in [0.3, 0.4) is 0 Å². The summed E-state index contributed by atoms with van der Waals surface area (Å²) in [6.07, 6.45) is 1.62. The van der Waals surface area contributed by atoms with E-state index in [0.717, 1.165) is 29.7 Å².